The Morgan fingerprint density at radius 1 is 1.00 bits per heavy atom. The molecule has 5 heteroatoms. The first kappa shape index (κ1) is 15.7. The van der Waals surface area contributed by atoms with Crippen LogP contribution in [-0.4, -0.2) is 23.0 Å². The quantitative estimate of drug-likeness (QED) is 0.783. The number of carbonyl (C=O) groups excluding carboxylic acids is 1. The fourth-order valence-electron chi connectivity index (χ4n) is 2.26. The van der Waals surface area contributed by atoms with Crippen molar-refractivity contribution in [1.29, 1.82) is 0 Å². The summed E-state index contributed by atoms with van der Waals surface area (Å²) in [7, 11) is 1.61. The highest BCUT2D eigenvalue weighted by Crippen LogP contribution is 2.15. The van der Waals surface area contributed by atoms with Gasteiger partial charge in [0.25, 0.3) is 0 Å². The molecule has 1 heterocycles. The summed E-state index contributed by atoms with van der Waals surface area (Å²) in [6.45, 7) is 0. The van der Waals surface area contributed by atoms with E-state index in [4.69, 9.17) is 4.74 Å². The van der Waals surface area contributed by atoms with Gasteiger partial charge in [-0.3, -0.25) is 4.79 Å². The van der Waals surface area contributed by atoms with Crippen LogP contribution >= 0.6 is 0 Å². The molecule has 5 nitrogen and oxygen atoms in total. The van der Waals surface area contributed by atoms with E-state index in [-0.39, 0.29) is 12.3 Å². The first-order valence-corrected chi connectivity index (χ1v) is 7.55. The molecule has 0 aliphatic rings. The second kappa shape index (κ2) is 7.37. The largest absolute Gasteiger partial charge is 0.497 e. The predicted molar refractivity (Wildman–Crippen MR) is 92.8 cm³/mol. The summed E-state index contributed by atoms with van der Waals surface area (Å²) < 4.78 is 5.10. The topological polar surface area (TPSA) is 64.1 Å². The van der Waals surface area contributed by atoms with Crippen molar-refractivity contribution in [1.82, 2.24) is 9.97 Å². The van der Waals surface area contributed by atoms with Crippen molar-refractivity contribution in [2.24, 2.45) is 0 Å². The fourth-order valence-corrected chi connectivity index (χ4v) is 2.26. The van der Waals surface area contributed by atoms with Gasteiger partial charge in [-0.15, -0.1) is 0 Å². The second-order valence-corrected chi connectivity index (χ2v) is 5.23. The fraction of sp³-hybridized carbons (Fsp3) is 0.105. The number of benzene rings is 2. The Hall–Kier alpha value is -3.21. The molecule has 2 aromatic carbocycles. The summed E-state index contributed by atoms with van der Waals surface area (Å²) in [5, 5.41) is 2.80. The van der Waals surface area contributed by atoms with E-state index in [2.05, 4.69) is 15.3 Å². The van der Waals surface area contributed by atoms with E-state index < -0.39 is 0 Å². The zero-order valence-corrected chi connectivity index (χ0v) is 13.3. The van der Waals surface area contributed by atoms with Gasteiger partial charge in [-0.1, -0.05) is 42.5 Å². The number of methoxy groups -OCH3 is 1. The van der Waals surface area contributed by atoms with E-state index in [1.54, 1.807) is 19.5 Å². The van der Waals surface area contributed by atoms with Crippen LogP contribution in [0.3, 0.4) is 0 Å². The Balaban J connectivity index is 1.62. The van der Waals surface area contributed by atoms with Crippen LogP contribution in [0.1, 0.15) is 5.56 Å². The average Bonchev–Trinajstić information content (AvgIpc) is 2.64. The molecular formula is C19H17N3O2. The highest BCUT2D eigenvalue weighted by molar-refractivity contribution is 5.92. The molecule has 3 aromatic rings. The summed E-state index contributed by atoms with van der Waals surface area (Å²) in [5.74, 6) is 1.28. The molecule has 0 saturated heterocycles. The van der Waals surface area contributed by atoms with Crippen molar-refractivity contribution in [3.8, 4) is 17.1 Å². The van der Waals surface area contributed by atoms with Gasteiger partial charge in [-0.05, 0) is 17.7 Å². The third kappa shape index (κ3) is 3.95. The Kier molecular flexibility index (Phi) is 4.81. The first-order chi connectivity index (χ1) is 11.7. The first-order valence-electron chi connectivity index (χ1n) is 7.55. The van der Waals surface area contributed by atoms with Crippen molar-refractivity contribution >= 4 is 11.6 Å². The number of rotatable bonds is 5. The molecule has 24 heavy (non-hydrogen) atoms. The average molecular weight is 319 g/mol. The Morgan fingerprint density at radius 2 is 1.67 bits per heavy atom. The normalized spacial score (nSPS) is 10.2. The van der Waals surface area contributed by atoms with Crippen LogP contribution in [0.15, 0.2) is 67.0 Å². The lowest BCUT2D eigenvalue weighted by molar-refractivity contribution is -0.115. The molecular weight excluding hydrogens is 302 g/mol. The van der Waals surface area contributed by atoms with Crippen molar-refractivity contribution in [2.75, 3.05) is 12.4 Å². The summed E-state index contributed by atoms with van der Waals surface area (Å²) in [6, 6.07) is 17.1. The van der Waals surface area contributed by atoms with Crippen LogP contribution in [0.4, 0.5) is 5.69 Å². The van der Waals surface area contributed by atoms with E-state index in [1.807, 2.05) is 54.6 Å². The Labute approximate surface area is 140 Å². The third-order valence-electron chi connectivity index (χ3n) is 3.49. The van der Waals surface area contributed by atoms with Gasteiger partial charge >= 0.3 is 0 Å². The maximum absolute atomic E-state index is 12.1. The SMILES string of the molecule is COc1ccc(CC(=O)Nc2cnc(-c3ccccc3)nc2)cc1. The van der Waals surface area contributed by atoms with Crippen LogP contribution in [0, 0.1) is 0 Å². The minimum absolute atomic E-state index is 0.115. The van der Waals surface area contributed by atoms with Crippen LogP contribution in [-0.2, 0) is 11.2 Å². The predicted octanol–water partition coefficient (Wildman–Crippen LogP) is 3.33. The van der Waals surface area contributed by atoms with E-state index in [0.717, 1.165) is 16.9 Å². The zero-order chi connectivity index (χ0) is 16.8. The van der Waals surface area contributed by atoms with Crippen LogP contribution < -0.4 is 10.1 Å². The van der Waals surface area contributed by atoms with Gasteiger partial charge in [0.2, 0.25) is 5.91 Å². The number of hydrogen-bond donors (Lipinski definition) is 1. The molecule has 0 fully saturated rings. The summed E-state index contributed by atoms with van der Waals surface area (Å²) in [6.07, 6.45) is 3.51. The van der Waals surface area contributed by atoms with Gasteiger partial charge < -0.3 is 10.1 Å². The number of nitrogens with one attached hydrogen (secondary N) is 1. The molecule has 0 bridgehead atoms. The molecule has 1 amide bonds. The highest BCUT2D eigenvalue weighted by atomic mass is 16.5. The third-order valence-corrected chi connectivity index (χ3v) is 3.49. The monoisotopic (exact) mass is 319 g/mol. The van der Waals surface area contributed by atoms with Crippen molar-refractivity contribution in [3.63, 3.8) is 0 Å². The van der Waals surface area contributed by atoms with Crippen LogP contribution in [0.2, 0.25) is 0 Å². The minimum atomic E-state index is -0.115. The molecule has 0 unspecified atom stereocenters. The smallest absolute Gasteiger partial charge is 0.228 e. The van der Waals surface area contributed by atoms with E-state index in [1.165, 1.54) is 0 Å². The second-order valence-electron chi connectivity index (χ2n) is 5.23. The van der Waals surface area contributed by atoms with Crippen LogP contribution in [0.25, 0.3) is 11.4 Å². The van der Waals surface area contributed by atoms with Gasteiger partial charge in [0.15, 0.2) is 5.82 Å². The standard InChI is InChI=1S/C19H17N3O2/c1-24-17-9-7-14(8-10-17)11-18(23)22-16-12-20-19(21-13-16)15-5-3-2-4-6-15/h2-10,12-13H,11H2,1H3,(H,22,23). The van der Waals surface area contributed by atoms with Gasteiger partial charge in [-0.25, -0.2) is 9.97 Å². The molecule has 1 aromatic heterocycles. The Bertz CT molecular complexity index is 800. The van der Waals surface area contributed by atoms with Gasteiger partial charge in [0.05, 0.1) is 31.6 Å². The molecule has 3 rings (SSSR count). The molecule has 120 valence electrons. The zero-order valence-electron chi connectivity index (χ0n) is 13.3. The number of nitrogens with zero attached hydrogens (tertiary/aromatic N) is 2. The van der Waals surface area contributed by atoms with Gasteiger partial charge in [0.1, 0.15) is 5.75 Å². The number of carbonyl (C=O) groups is 1. The lowest BCUT2D eigenvalue weighted by Gasteiger charge is -2.06. The number of aromatic nitrogens is 2. The molecule has 0 aliphatic carbocycles. The summed E-state index contributed by atoms with van der Waals surface area (Å²) in [4.78, 5) is 20.7. The Morgan fingerprint density at radius 3 is 2.29 bits per heavy atom. The summed E-state index contributed by atoms with van der Waals surface area (Å²) in [5.41, 5.74) is 2.43. The lowest BCUT2D eigenvalue weighted by Crippen LogP contribution is -2.14. The number of amides is 1. The molecule has 0 atom stereocenters. The van der Waals surface area contributed by atoms with E-state index in [9.17, 15) is 4.79 Å². The highest BCUT2D eigenvalue weighted by Gasteiger charge is 2.06. The van der Waals surface area contributed by atoms with Crippen LogP contribution in [0.5, 0.6) is 5.75 Å². The van der Waals surface area contributed by atoms with E-state index in [0.29, 0.717) is 11.5 Å². The molecule has 1 N–H and O–H groups in total. The number of hydrogen-bond acceptors (Lipinski definition) is 4. The summed E-state index contributed by atoms with van der Waals surface area (Å²) >= 11 is 0. The molecule has 0 spiro atoms. The maximum Gasteiger partial charge on any atom is 0.228 e. The van der Waals surface area contributed by atoms with Gasteiger partial charge in [0, 0.05) is 5.56 Å². The minimum Gasteiger partial charge on any atom is -0.497 e. The number of ether oxygens (including phenoxy) is 1. The van der Waals surface area contributed by atoms with Crippen molar-refractivity contribution < 1.29 is 9.53 Å². The molecule has 0 radical (unpaired) electrons. The van der Waals surface area contributed by atoms with Gasteiger partial charge in [-0.2, -0.15) is 0 Å². The molecule has 0 aliphatic heterocycles. The number of anilines is 1. The van der Waals surface area contributed by atoms with Crippen molar-refractivity contribution in [2.45, 2.75) is 6.42 Å². The van der Waals surface area contributed by atoms with Crippen molar-refractivity contribution in [3.05, 3.63) is 72.6 Å². The van der Waals surface area contributed by atoms with E-state index >= 15 is 0 Å². The molecule has 0 saturated carbocycles. The maximum atomic E-state index is 12.1. The lowest BCUT2D eigenvalue weighted by atomic mass is 10.1.